The van der Waals surface area contributed by atoms with Crippen molar-refractivity contribution in [2.24, 2.45) is 10.9 Å². The molecule has 0 atom stereocenters. The van der Waals surface area contributed by atoms with Gasteiger partial charge in [0.1, 0.15) is 5.82 Å². The van der Waals surface area contributed by atoms with Crippen LogP contribution in [0.1, 0.15) is 11.3 Å². The normalized spacial score (nSPS) is 11.4. The molecule has 0 fully saturated rings. The van der Waals surface area contributed by atoms with Gasteiger partial charge in [-0.05, 0) is 31.2 Å². The zero-order valence-corrected chi connectivity index (χ0v) is 10.5. The summed E-state index contributed by atoms with van der Waals surface area (Å²) in [7, 11) is 0. The molecule has 0 unspecified atom stereocenters. The van der Waals surface area contributed by atoms with Gasteiger partial charge in [-0.1, -0.05) is 5.16 Å². The third kappa shape index (κ3) is 2.82. The Morgan fingerprint density at radius 2 is 2.05 bits per heavy atom. The van der Waals surface area contributed by atoms with Gasteiger partial charge in [0, 0.05) is 11.8 Å². The van der Waals surface area contributed by atoms with Crippen LogP contribution in [-0.4, -0.2) is 16.0 Å². The lowest BCUT2D eigenvalue weighted by molar-refractivity contribution is 0.318. The van der Waals surface area contributed by atoms with Crippen LogP contribution in [0.5, 0.6) is 11.6 Å². The summed E-state index contributed by atoms with van der Waals surface area (Å²) < 4.78 is 31.7. The summed E-state index contributed by atoms with van der Waals surface area (Å²) in [6.45, 7) is 1.70. The van der Waals surface area contributed by atoms with Gasteiger partial charge in [0.15, 0.2) is 17.4 Å². The average Bonchev–Trinajstić information content (AvgIpc) is 2.41. The lowest BCUT2D eigenvalue weighted by atomic mass is 10.2. The topological polar surface area (TPSA) is 80.7 Å². The monoisotopic (exact) mass is 279 g/mol. The third-order valence-corrected chi connectivity index (χ3v) is 2.48. The molecule has 1 heterocycles. The molecule has 0 aliphatic rings. The first-order chi connectivity index (χ1) is 9.51. The van der Waals surface area contributed by atoms with Crippen molar-refractivity contribution in [3.63, 3.8) is 0 Å². The van der Waals surface area contributed by atoms with E-state index in [-0.39, 0.29) is 23.0 Å². The second-order valence-electron chi connectivity index (χ2n) is 3.97. The molecule has 0 radical (unpaired) electrons. The van der Waals surface area contributed by atoms with Crippen molar-refractivity contribution in [1.29, 1.82) is 0 Å². The molecule has 0 saturated carbocycles. The average molecular weight is 279 g/mol. The van der Waals surface area contributed by atoms with Gasteiger partial charge < -0.3 is 15.7 Å². The predicted molar refractivity (Wildman–Crippen MR) is 67.9 cm³/mol. The molecule has 3 N–H and O–H groups in total. The summed E-state index contributed by atoms with van der Waals surface area (Å²) in [5.74, 6) is -2.07. The summed E-state index contributed by atoms with van der Waals surface area (Å²) in [4.78, 5) is 4.05. The van der Waals surface area contributed by atoms with E-state index >= 15 is 0 Å². The van der Waals surface area contributed by atoms with E-state index in [1.165, 1.54) is 6.07 Å². The first-order valence-electron chi connectivity index (χ1n) is 5.59. The van der Waals surface area contributed by atoms with Crippen LogP contribution in [0.2, 0.25) is 0 Å². The lowest BCUT2D eigenvalue weighted by Crippen LogP contribution is -2.15. The Hall–Kier alpha value is -2.70. The maximum absolute atomic E-state index is 13.5. The summed E-state index contributed by atoms with van der Waals surface area (Å²) in [6.07, 6.45) is 0. The Morgan fingerprint density at radius 3 is 2.70 bits per heavy atom. The number of hydrogen-bond acceptors (Lipinski definition) is 4. The fourth-order valence-electron chi connectivity index (χ4n) is 1.52. The molecule has 1 aromatic heterocycles. The highest BCUT2D eigenvalue weighted by Gasteiger charge is 2.14. The number of amidine groups is 1. The number of benzene rings is 1. The van der Waals surface area contributed by atoms with Crippen LogP contribution >= 0.6 is 0 Å². The number of hydrogen-bond donors (Lipinski definition) is 2. The minimum absolute atomic E-state index is 0.0363. The van der Waals surface area contributed by atoms with Crippen LogP contribution in [0.4, 0.5) is 8.78 Å². The SMILES string of the molecule is Cc1ccc(C(N)=NO)c(Oc2ccc(F)cc2F)n1. The van der Waals surface area contributed by atoms with Crippen molar-refractivity contribution >= 4 is 5.84 Å². The molecular formula is C13H11F2N3O2. The van der Waals surface area contributed by atoms with E-state index in [1.807, 2.05) is 0 Å². The van der Waals surface area contributed by atoms with Crippen LogP contribution in [0.25, 0.3) is 0 Å². The molecule has 104 valence electrons. The Bertz CT molecular complexity index is 675. The number of ether oxygens (including phenoxy) is 1. The van der Waals surface area contributed by atoms with Crippen molar-refractivity contribution < 1.29 is 18.7 Å². The van der Waals surface area contributed by atoms with Crippen LogP contribution in [-0.2, 0) is 0 Å². The number of aryl methyl sites for hydroxylation is 1. The zero-order valence-electron chi connectivity index (χ0n) is 10.5. The molecule has 7 heteroatoms. The minimum Gasteiger partial charge on any atom is -0.435 e. The summed E-state index contributed by atoms with van der Waals surface area (Å²) in [5, 5.41) is 11.5. The lowest BCUT2D eigenvalue weighted by Gasteiger charge is -2.10. The molecule has 20 heavy (non-hydrogen) atoms. The molecule has 5 nitrogen and oxygen atoms in total. The second kappa shape index (κ2) is 5.52. The maximum Gasteiger partial charge on any atom is 0.230 e. The van der Waals surface area contributed by atoms with Crippen molar-refractivity contribution in [2.45, 2.75) is 6.92 Å². The van der Waals surface area contributed by atoms with Crippen LogP contribution in [0.15, 0.2) is 35.5 Å². The molecule has 0 spiro atoms. The molecule has 0 bridgehead atoms. The Morgan fingerprint density at radius 1 is 1.30 bits per heavy atom. The molecule has 0 amide bonds. The fourth-order valence-corrected chi connectivity index (χ4v) is 1.52. The molecular weight excluding hydrogens is 268 g/mol. The molecule has 0 aliphatic carbocycles. The number of rotatable bonds is 3. The van der Waals surface area contributed by atoms with Gasteiger partial charge >= 0.3 is 0 Å². The van der Waals surface area contributed by atoms with E-state index in [2.05, 4.69) is 10.1 Å². The van der Waals surface area contributed by atoms with E-state index < -0.39 is 11.6 Å². The quantitative estimate of drug-likeness (QED) is 0.391. The van der Waals surface area contributed by atoms with Gasteiger partial charge in [0.2, 0.25) is 5.88 Å². The van der Waals surface area contributed by atoms with E-state index in [0.29, 0.717) is 11.8 Å². The van der Waals surface area contributed by atoms with Gasteiger partial charge in [-0.25, -0.2) is 13.8 Å². The number of nitrogens with zero attached hydrogens (tertiary/aromatic N) is 2. The molecule has 2 rings (SSSR count). The summed E-state index contributed by atoms with van der Waals surface area (Å²) in [6, 6.07) is 6.02. The first kappa shape index (κ1) is 13.7. The molecule has 2 aromatic rings. The number of pyridine rings is 1. The zero-order chi connectivity index (χ0) is 14.7. The van der Waals surface area contributed by atoms with E-state index in [0.717, 1.165) is 12.1 Å². The number of nitrogens with two attached hydrogens (primary N) is 1. The Kier molecular flexibility index (Phi) is 3.79. The van der Waals surface area contributed by atoms with E-state index in [9.17, 15) is 8.78 Å². The smallest absolute Gasteiger partial charge is 0.230 e. The van der Waals surface area contributed by atoms with Crippen LogP contribution < -0.4 is 10.5 Å². The standard InChI is InChI=1S/C13H11F2N3O2/c1-7-2-4-9(12(16)18-19)13(17-7)20-11-5-3-8(14)6-10(11)15/h2-6,19H,1H3,(H2,16,18). The Balaban J connectivity index is 2.44. The van der Waals surface area contributed by atoms with Gasteiger partial charge in [0.05, 0.1) is 5.56 Å². The maximum atomic E-state index is 13.5. The number of halogens is 2. The number of oxime groups is 1. The second-order valence-corrected chi connectivity index (χ2v) is 3.97. The van der Waals surface area contributed by atoms with Crippen molar-refractivity contribution in [2.75, 3.05) is 0 Å². The predicted octanol–water partition coefficient (Wildman–Crippen LogP) is 2.56. The summed E-state index contributed by atoms with van der Waals surface area (Å²) >= 11 is 0. The van der Waals surface area contributed by atoms with Gasteiger partial charge in [-0.2, -0.15) is 0 Å². The van der Waals surface area contributed by atoms with Crippen LogP contribution in [0.3, 0.4) is 0 Å². The largest absolute Gasteiger partial charge is 0.435 e. The number of aromatic nitrogens is 1. The van der Waals surface area contributed by atoms with Crippen molar-refractivity contribution in [3.05, 3.63) is 53.2 Å². The molecule has 1 aromatic carbocycles. The van der Waals surface area contributed by atoms with E-state index in [4.69, 9.17) is 15.7 Å². The van der Waals surface area contributed by atoms with Gasteiger partial charge in [0.25, 0.3) is 0 Å². The highest BCUT2D eigenvalue weighted by atomic mass is 19.1. The first-order valence-corrected chi connectivity index (χ1v) is 5.59. The summed E-state index contributed by atoms with van der Waals surface area (Å²) in [5.41, 5.74) is 6.28. The van der Waals surface area contributed by atoms with E-state index in [1.54, 1.807) is 13.0 Å². The van der Waals surface area contributed by atoms with Crippen molar-refractivity contribution in [3.8, 4) is 11.6 Å². The van der Waals surface area contributed by atoms with Crippen molar-refractivity contribution in [1.82, 2.24) is 4.98 Å². The molecule has 0 saturated heterocycles. The third-order valence-electron chi connectivity index (χ3n) is 2.48. The van der Waals surface area contributed by atoms with Gasteiger partial charge in [-0.3, -0.25) is 0 Å². The van der Waals surface area contributed by atoms with Gasteiger partial charge in [-0.15, -0.1) is 0 Å². The minimum atomic E-state index is -0.876. The molecule has 0 aliphatic heterocycles. The van der Waals surface area contributed by atoms with Crippen LogP contribution in [0, 0.1) is 18.6 Å². The Labute approximate surface area is 113 Å². The highest BCUT2D eigenvalue weighted by molar-refractivity contribution is 5.99. The fraction of sp³-hybridized carbons (Fsp3) is 0.0769. The highest BCUT2D eigenvalue weighted by Crippen LogP contribution is 2.26.